The van der Waals surface area contributed by atoms with Crippen LogP contribution in [0.1, 0.15) is 0 Å². The molecule has 0 atom stereocenters. The Hall–Kier alpha value is -6.52. The minimum Gasteiger partial charge on any atom is -0.309 e. The monoisotopic (exact) mass is 608 g/mol. The normalized spacial score (nSPS) is 12.6. The molecule has 0 bridgehead atoms. The van der Waals surface area contributed by atoms with Crippen molar-refractivity contribution < 1.29 is 0 Å². The van der Waals surface area contributed by atoms with Gasteiger partial charge >= 0.3 is 0 Å². The highest BCUT2D eigenvalue weighted by molar-refractivity contribution is 6.29. The maximum Gasteiger partial charge on any atom is 0.165 e. The van der Waals surface area contributed by atoms with Crippen LogP contribution in [0.4, 0.5) is 0 Å². The molecule has 0 saturated heterocycles. The van der Waals surface area contributed by atoms with Gasteiger partial charge in [0.15, 0.2) is 5.65 Å². The fraction of sp³-hybridized carbons (Fsp3) is 0. The molecule has 0 N–H and O–H groups in total. The van der Waals surface area contributed by atoms with E-state index in [1.54, 1.807) is 0 Å². The van der Waals surface area contributed by atoms with E-state index in [-0.39, 0.29) is 0 Å². The Morgan fingerprint density at radius 3 is 1.67 bits per heavy atom. The van der Waals surface area contributed by atoms with Crippen molar-refractivity contribution >= 4 is 104 Å². The van der Waals surface area contributed by atoms with Crippen molar-refractivity contribution in [1.29, 1.82) is 0 Å². The average Bonchev–Trinajstić information content (AvgIpc) is 3.78. The minimum absolute atomic E-state index is 0.898. The van der Waals surface area contributed by atoms with Crippen LogP contribution in [0.3, 0.4) is 0 Å². The van der Waals surface area contributed by atoms with E-state index >= 15 is 0 Å². The first-order valence-corrected chi connectivity index (χ1v) is 16.4. The largest absolute Gasteiger partial charge is 0.309 e. The van der Waals surface area contributed by atoms with Crippen molar-refractivity contribution in [3.05, 3.63) is 146 Å². The SMILES string of the molecule is c1ccc2c(c1)ccc1nc3c(nc12)c1cc(-n2c4ccc5ccccc5c4c4c5ccccc5ccc42)cc2c4ccccc4n3c21. The number of nitrogens with zero attached hydrogens (tertiary/aromatic N) is 4. The zero-order valence-electron chi connectivity index (χ0n) is 25.6. The summed E-state index contributed by atoms with van der Waals surface area (Å²) in [6.07, 6.45) is 0. The Labute approximate surface area is 273 Å². The van der Waals surface area contributed by atoms with E-state index < -0.39 is 0 Å². The molecule has 220 valence electrons. The number of rotatable bonds is 1. The molecule has 0 aliphatic carbocycles. The first-order chi connectivity index (χ1) is 23.8. The van der Waals surface area contributed by atoms with Crippen LogP contribution in [0.25, 0.3) is 109 Å². The molecule has 0 radical (unpaired) electrons. The Bertz CT molecular complexity index is 3250. The molecule has 4 aromatic heterocycles. The van der Waals surface area contributed by atoms with Crippen LogP contribution < -0.4 is 0 Å². The lowest BCUT2D eigenvalue weighted by atomic mass is 10.00. The van der Waals surface area contributed by atoms with Gasteiger partial charge < -0.3 is 4.57 Å². The predicted octanol–water partition coefficient (Wildman–Crippen LogP) is 11.3. The topological polar surface area (TPSA) is 35.1 Å². The molecule has 0 amide bonds. The fourth-order valence-corrected chi connectivity index (χ4v) is 8.55. The van der Waals surface area contributed by atoms with Crippen LogP contribution in [0.2, 0.25) is 0 Å². The van der Waals surface area contributed by atoms with Gasteiger partial charge in [-0.1, -0.05) is 109 Å². The van der Waals surface area contributed by atoms with Crippen molar-refractivity contribution in [2.24, 2.45) is 0 Å². The summed E-state index contributed by atoms with van der Waals surface area (Å²) in [7, 11) is 0. The lowest BCUT2D eigenvalue weighted by Crippen LogP contribution is -1.94. The van der Waals surface area contributed by atoms with Gasteiger partial charge in [-0.2, -0.15) is 0 Å². The van der Waals surface area contributed by atoms with Gasteiger partial charge in [-0.25, -0.2) is 9.97 Å². The summed E-state index contributed by atoms with van der Waals surface area (Å²) in [6.45, 7) is 0. The summed E-state index contributed by atoms with van der Waals surface area (Å²) >= 11 is 0. The van der Waals surface area contributed by atoms with Crippen molar-refractivity contribution in [2.75, 3.05) is 0 Å². The van der Waals surface area contributed by atoms with Crippen molar-refractivity contribution in [3.8, 4) is 5.69 Å². The van der Waals surface area contributed by atoms with E-state index in [4.69, 9.17) is 9.97 Å². The van der Waals surface area contributed by atoms with Crippen molar-refractivity contribution in [2.45, 2.75) is 0 Å². The number of fused-ring (bicyclic) bond motifs is 16. The molecule has 12 rings (SSSR count). The van der Waals surface area contributed by atoms with Gasteiger partial charge in [0.05, 0.1) is 33.1 Å². The average molecular weight is 609 g/mol. The Kier molecular flexibility index (Phi) is 4.44. The molecule has 8 aromatic carbocycles. The molecule has 0 spiro atoms. The molecule has 0 unspecified atom stereocenters. The Morgan fingerprint density at radius 2 is 0.958 bits per heavy atom. The molecule has 48 heavy (non-hydrogen) atoms. The maximum atomic E-state index is 5.44. The van der Waals surface area contributed by atoms with Crippen LogP contribution in [0, 0.1) is 0 Å². The highest BCUT2D eigenvalue weighted by Gasteiger charge is 2.23. The summed E-state index contributed by atoms with van der Waals surface area (Å²) in [5.74, 6) is 0. The minimum atomic E-state index is 0.898. The van der Waals surface area contributed by atoms with E-state index in [0.717, 1.165) is 44.2 Å². The van der Waals surface area contributed by atoms with Crippen LogP contribution >= 0.6 is 0 Å². The van der Waals surface area contributed by atoms with E-state index in [9.17, 15) is 0 Å². The van der Waals surface area contributed by atoms with Crippen molar-refractivity contribution in [3.63, 3.8) is 0 Å². The highest BCUT2D eigenvalue weighted by Crippen LogP contribution is 2.44. The summed E-state index contributed by atoms with van der Waals surface area (Å²) in [4.78, 5) is 10.8. The van der Waals surface area contributed by atoms with Crippen molar-refractivity contribution in [1.82, 2.24) is 18.9 Å². The number of para-hydroxylation sites is 1. The molecule has 4 nitrogen and oxygen atoms in total. The van der Waals surface area contributed by atoms with Gasteiger partial charge in [0.1, 0.15) is 5.52 Å². The first kappa shape index (κ1) is 24.7. The van der Waals surface area contributed by atoms with Gasteiger partial charge in [0, 0.05) is 38.0 Å². The van der Waals surface area contributed by atoms with Gasteiger partial charge in [-0.05, 0) is 63.3 Å². The van der Waals surface area contributed by atoms with E-state index in [0.29, 0.717) is 0 Å². The van der Waals surface area contributed by atoms with E-state index in [1.165, 1.54) is 65.0 Å². The third-order valence-electron chi connectivity index (χ3n) is 10.6. The zero-order valence-corrected chi connectivity index (χ0v) is 25.6. The third kappa shape index (κ3) is 2.96. The molecule has 0 aliphatic rings. The summed E-state index contributed by atoms with van der Waals surface area (Å²) in [5.41, 5.74) is 9.53. The summed E-state index contributed by atoms with van der Waals surface area (Å²) in [6, 6.07) is 52.8. The van der Waals surface area contributed by atoms with Gasteiger partial charge in [0.2, 0.25) is 0 Å². The molecule has 12 aromatic rings. The third-order valence-corrected chi connectivity index (χ3v) is 10.6. The maximum absolute atomic E-state index is 5.44. The second kappa shape index (κ2) is 8.64. The molecular weight excluding hydrogens is 585 g/mol. The zero-order chi connectivity index (χ0) is 31.1. The Balaban J connectivity index is 1.30. The molecule has 4 heteroatoms. The molecule has 4 heterocycles. The van der Waals surface area contributed by atoms with Gasteiger partial charge in [-0.3, -0.25) is 4.40 Å². The second-order valence-electron chi connectivity index (χ2n) is 13.0. The van der Waals surface area contributed by atoms with Crippen LogP contribution in [0.5, 0.6) is 0 Å². The van der Waals surface area contributed by atoms with E-state index in [2.05, 4.69) is 155 Å². The van der Waals surface area contributed by atoms with Crippen LogP contribution in [0.15, 0.2) is 146 Å². The lowest BCUT2D eigenvalue weighted by molar-refractivity contribution is 1.19. The predicted molar refractivity (Wildman–Crippen MR) is 201 cm³/mol. The van der Waals surface area contributed by atoms with Gasteiger partial charge in [-0.15, -0.1) is 0 Å². The van der Waals surface area contributed by atoms with Gasteiger partial charge in [0.25, 0.3) is 0 Å². The molecule has 0 saturated carbocycles. The number of hydrogen-bond acceptors (Lipinski definition) is 2. The fourth-order valence-electron chi connectivity index (χ4n) is 8.55. The first-order valence-electron chi connectivity index (χ1n) is 16.4. The Morgan fingerprint density at radius 1 is 0.396 bits per heavy atom. The summed E-state index contributed by atoms with van der Waals surface area (Å²) in [5, 5.41) is 13.5. The van der Waals surface area contributed by atoms with E-state index in [1.807, 2.05) is 0 Å². The van der Waals surface area contributed by atoms with Crippen LogP contribution in [-0.4, -0.2) is 18.9 Å². The second-order valence-corrected chi connectivity index (χ2v) is 13.0. The smallest absolute Gasteiger partial charge is 0.165 e. The number of aromatic nitrogens is 4. The standard InChI is InChI=1S/C44H24N4/c1-4-12-29-25(9-1)18-21-37-39(29)40-30-13-5-2-10-26(30)19-22-38(40)47(37)28-23-33-32-15-7-8-16-36(32)48-43(33)34(24-28)42-44(48)45-35-20-17-27-11-3-6-14-31(27)41(35)46-42/h1-24H. The molecule has 0 aliphatic heterocycles. The number of hydrogen-bond donors (Lipinski definition) is 0. The number of benzene rings is 8. The lowest BCUT2D eigenvalue weighted by Gasteiger charge is -2.10. The summed E-state index contributed by atoms with van der Waals surface area (Å²) < 4.78 is 4.79. The molecular formula is C44H24N4. The molecule has 0 fully saturated rings. The quantitative estimate of drug-likeness (QED) is 0.174. The highest BCUT2D eigenvalue weighted by atomic mass is 15.0. The van der Waals surface area contributed by atoms with Crippen LogP contribution in [-0.2, 0) is 0 Å².